The molecule has 1 heterocycles. The summed E-state index contributed by atoms with van der Waals surface area (Å²) in [6.45, 7) is 1.06. The van der Waals surface area contributed by atoms with Gasteiger partial charge in [-0.1, -0.05) is 6.07 Å². The van der Waals surface area contributed by atoms with Crippen LogP contribution in [0.5, 0.6) is 11.5 Å². The Morgan fingerprint density at radius 2 is 2.11 bits per heavy atom. The normalized spacial score (nSPS) is 16.1. The minimum atomic E-state index is -3.58. The highest BCUT2D eigenvalue weighted by molar-refractivity contribution is 8.13. The van der Waals surface area contributed by atoms with E-state index in [1.54, 1.807) is 18.2 Å². The zero-order chi connectivity index (χ0) is 13.2. The second-order valence-corrected chi connectivity index (χ2v) is 6.72. The molecule has 0 atom stereocenters. The Balaban J connectivity index is 2.20. The lowest BCUT2D eigenvalue weighted by Gasteiger charge is -2.27. The van der Waals surface area contributed by atoms with Crippen molar-refractivity contribution >= 4 is 19.7 Å². The lowest BCUT2D eigenvalue weighted by atomic mass is 10.2. The molecule has 2 rings (SSSR count). The van der Waals surface area contributed by atoms with Crippen molar-refractivity contribution in [3.05, 3.63) is 23.8 Å². The van der Waals surface area contributed by atoms with Gasteiger partial charge in [0.2, 0.25) is 9.05 Å². The number of hydrogen-bond donors (Lipinski definition) is 0. The maximum atomic E-state index is 11.0. The summed E-state index contributed by atoms with van der Waals surface area (Å²) in [5, 5.41) is 0. The van der Waals surface area contributed by atoms with Crippen LogP contribution in [0, 0.1) is 0 Å². The Bertz CT molecular complexity index is 524. The molecular weight excluding hydrogens is 280 g/mol. The highest BCUT2D eigenvalue weighted by Crippen LogP contribution is 2.30. The molecule has 1 aromatic carbocycles. The van der Waals surface area contributed by atoms with Crippen molar-refractivity contribution in [2.75, 3.05) is 20.3 Å². The third kappa shape index (κ3) is 3.51. The smallest absolute Gasteiger partial charge is 0.236 e. The summed E-state index contributed by atoms with van der Waals surface area (Å²) in [5.41, 5.74) is 0.557. The van der Waals surface area contributed by atoms with E-state index in [2.05, 4.69) is 0 Å². The molecule has 0 bridgehead atoms. The Hall–Kier alpha value is -0.980. The molecule has 0 saturated carbocycles. The lowest BCUT2D eigenvalue weighted by Crippen LogP contribution is -2.38. The van der Waals surface area contributed by atoms with Crippen LogP contribution >= 0.6 is 10.7 Å². The molecular formula is C11H13ClO5S. The fourth-order valence-electron chi connectivity index (χ4n) is 1.56. The first kappa shape index (κ1) is 13.5. The van der Waals surface area contributed by atoms with E-state index >= 15 is 0 Å². The predicted octanol–water partition coefficient (Wildman–Crippen LogP) is 1.54. The van der Waals surface area contributed by atoms with Crippen molar-refractivity contribution in [1.29, 1.82) is 0 Å². The van der Waals surface area contributed by atoms with Gasteiger partial charge in [0.15, 0.2) is 11.5 Å². The monoisotopic (exact) mass is 292 g/mol. The van der Waals surface area contributed by atoms with Crippen LogP contribution in [0.4, 0.5) is 0 Å². The molecule has 7 heteroatoms. The van der Waals surface area contributed by atoms with Gasteiger partial charge >= 0.3 is 0 Å². The molecule has 100 valence electrons. The summed E-state index contributed by atoms with van der Waals surface area (Å²) >= 11 is 0. The molecule has 1 saturated heterocycles. The summed E-state index contributed by atoms with van der Waals surface area (Å²) in [4.78, 5) is 0. The van der Waals surface area contributed by atoms with Gasteiger partial charge in [-0.25, -0.2) is 8.42 Å². The van der Waals surface area contributed by atoms with Crippen molar-refractivity contribution in [3.8, 4) is 11.5 Å². The number of benzene rings is 1. The molecule has 1 fully saturated rings. The van der Waals surface area contributed by atoms with Crippen molar-refractivity contribution < 1.29 is 22.6 Å². The summed E-state index contributed by atoms with van der Waals surface area (Å²) in [6, 6.07) is 4.92. The molecule has 1 aliphatic heterocycles. The van der Waals surface area contributed by atoms with E-state index in [0.717, 1.165) is 0 Å². The quantitative estimate of drug-likeness (QED) is 0.771. The molecule has 0 N–H and O–H groups in total. The maximum absolute atomic E-state index is 11.0. The van der Waals surface area contributed by atoms with Gasteiger partial charge in [0, 0.05) is 10.7 Å². The first-order valence-electron chi connectivity index (χ1n) is 5.31. The highest BCUT2D eigenvalue weighted by Gasteiger charge is 2.22. The summed E-state index contributed by atoms with van der Waals surface area (Å²) < 4.78 is 37.9. The third-order valence-electron chi connectivity index (χ3n) is 2.47. The van der Waals surface area contributed by atoms with Crippen LogP contribution in [0.2, 0.25) is 0 Å². The first-order chi connectivity index (χ1) is 8.48. The average molecular weight is 293 g/mol. The highest BCUT2D eigenvalue weighted by atomic mass is 35.7. The number of methoxy groups -OCH3 is 1. The van der Waals surface area contributed by atoms with Crippen LogP contribution in [0.25, 0.3) is 0 Å². The van der Waals surface area contributed by atoms with Crippen LogP contribution in [0.3, 0.4) is 0 Å². The van der Waals surface area contributed by atoms with Crippen LogP contribution in [0.1, 0.15) is 5.56 Å². The van der Waals surface area contributed by atoms with Crippen molar-refractivity contribution in [3.63, 3.8) is 0 Å². The minimum absolute atomic E-state index is 0.0123. The molecule has 1 aliphatic rings. The Morgan fingerprint density at radius 1 is 1.39 bits per heavy atom. The standard InChI is InChI=1S/C11H13ClO5S/c1-15-10-3-2-8(7-18(12,13)14)4-11(10)17-9-5-16-6-9/h2-4,9H,5-7H2,1H3. The second-order valence-electron chi connectivity index (χ2n) is 3.95. The van der Waals surface area contributed by atoms with Gasteiger partial charge in [-0.2, -0.15) is 0 Å². The Kier molecular flexibility index (Phi) is 3.99. The van der Waals surface area contributed by atoms with Crippen molar-refractivity contribution in [2.45, 2.75) is 11.9 Å². The number of halogens is 1. The number of rotatable bonds is 5. The first-order valence-corrected chi connectivity index (χ1v) is 7.79. The van der Waals surface area contributed by atoms with E-state index < -0.39 is 9.05 Å². The van der Waals surface area contributed by atoms with Gasteiger partial charge in [0.1, 0.15) is 6.10 Å². The molecule has 0 amide bonds. The molecule has 5 nitrogen and oxygen atoms in total. The molecule has 0 radical (unpaired) electrons. The average Bonchev–Trinajstić information content (AvgIpc) is 2.21. The predicted molar refractivity (Wildman–Crippen MR) is 66.7 cm³/mol. The summed E-state index contributed by atoms with van der Waals surface area (Å²) in [5.74, 6) is 0.817. The maximum Gasteiger partial charge on any atom is 0.236 e. The molecule has 0 aromatic heterocycles. The van der Waals surface area contributed by atoms with Crippen LogP contribution < -0.4 is 9.47 Å². The van der Waals surface area contributed by atoms with E-state index in [-0.39, 0.29) is 11.9 Å². The van der Waals surface area contributed by atoms with Gasteiger partial charge in [-0.05, 0) is 17.7 Å². The number of hydrogen-bond acceptors (Lipinski definition) is 5. The molecule has 18 heavy (non-hydrogen) atoms. The van der Waals surface area contributed by atoms with Gasteiger partial charge in [-0.3, -0.25) is 0 Å². The van der Waals surface area contributed by atoms with Gasteiger partial charge < -0.3 is 14.2 Å². The fourth-order valence-corrected chi connectivity index (χ4v) is 2.52. The van der Waals surface area contributed by atoms with E-state index in [0.29, 0.717) is 30.3 Å². The van der Waals surface area contributed by atoms with Gasteiger partial charge in [0.25, 0.3) is 0 Å². The summed E-state index contributed by atoms with van der Waals surface area (Å²) in [6.07, 6.45) is -0.0123. The van der Waals surface area contributed by atoms with Crippen LogP contribution in [0.15, 0.2) is 18.2 Å². The SMILES string of the molecule is COc1ccc(CS(=O)(=O)Cl)cc1OC1COC1. The number of ether oxygens (including phenoxy) is 3. The second kappa shape index (κ2) is 5.34. The molecule has 0 unspecified atom stereocenters. The van der Waals surface area contributed by atoms with Crippen molar-refractivity contribution in [2.24, 2.45) is 0 Å². The summed E-state index contributed by atoms with van der Waals surface area (Å²) in [7, 11) is 3.16. The topological polar surface area (TPSA) is 61.8 Å². The van der Waals surface area contributed by atoms with E-state index in [9.17, 15) is 8.42 Å². The Labute approximate surface area is 110 Å². The van der Waals surface area contributed by atoms with E-state index in [1.807, 2.05) is 0 Å². The van der Waals surface area contributed by atoms with Crippen molar-refractivity contribution in [1.82, 2.24) is 0 Å². The molecule has 1 aromatic rings. The van der Waals surface area contributed by atoms with E-state index in [1.165, 1.54) is 7.11 Å². The van der Waals surface area contributed by atoms with Crippen LogP contribution in [-0.4, -0.2) is 34.8 Å². The zero-order valence-corrected chi connectivity index (χ0v) is 11.3. The third-order valence-corrected chi connectivity index (χ3v) is 3.47. The largest absolute Gasteiger partial charge is 0.493 e. The van der Waals surface area contributed by atoms with Crippen LogP contribution in [-0.2, 0) is 19.5 Å². The van der Waals surface area contributed by atoms with E-state index in [4.69, 9.17) is 24.9 Å². The minimum Gasteiger partial charge on any atom is -0.493 e. The molecule has 0 spiro atoms. The fraction of sp³-hybridized carbons (Fsp3) is 0.455. The zero-order valence-electron chi connectivity index (χ0n) is 9.76. The lowest BCUT2D eigenvalue weighted by molar-refractivity contribution is -0.0803. The molecule has 0 aliphatic carbocycles. The Morgan fingerprint density at radius 3 is 2.61 bits per heavy atom. The van der Waals surface area contributed by atoms with Gasteiger partial charge in [0.05, 0.1) is 26.1 Å². The van der Waals surface area contributed by atoms with Gasteiger partial charge in [-0.15, -0.1) is 0 Å².